The molecule has 8 aromatic carbocycles. The van der Waals surface area contributed by atoms with Crippen molar-refractivity contribution < 1.29 is 13.2 Å². The van der Waals surface area contributed by atoms with E-state index in [0.717, 1.165) is 83.6 Å². The predicted octanol–water partition coefficient (Wildman–Crippen LogP) is 15.4. The van der Waals surface area contributed by atoms with Crippen LogP contribution in [0.4, 0.5) is 13.2 Å². The number of hydrogen-bond donors (Lipinski definition) is 0. The third-order valence-electron chi connectivity index (χ3n) is 11.9. The summed E-state index contributed by atoms with van der Waals surface area (Å²) in [4.78, 5) is 20.9. The first-order valence-corrected chi connectivity index (χ1v) is 21.6. The van der Waals surface area contributed by atoms with E-state index in [4.69, 9.17) is 19.9 Å². The van der Waals surface area contributed by atoms with Crippen molar-refractivity contribution in [3.8, 4) is 84.6 Å². The molecule has 11 rings (SSSR count). The Morgan fingerprint density at radius 3 is 1.42 bits per heavy atom. The zero-order chi connectivity index (χ0) is 44.8. The lowest BCUT2D eigenvalue weighted by Gasteiger charge is -2.17. The number of alkyl halides is 3. The molecule has 3 aromatic heterocycles. The van der Waals surface area contributed by atoms with E-state index >= 15 is 0 Å². The summed E-state index contributed by atoms with van der Waals surface area (Å²) >= 11 is 0. The molecule has 0 saturated heterocycles. The standard InChI is InChI=1S/C58H38F3N5/c1-37-30-44(32-45(31-37)58(59,60)61)42-26-28-54-47(33-42)46-24-14-15-25-53(46)66(54)55-29-27-43(52-36-49(38-16-6-2-7-17-38)62-56(63-52)41-22-12-5-13-23-41)34-48(55)57-64-50(39-18-8-3-9-19-39)35-51(65-57)40-20-10-4-11-21-40/h2-36H,1H3. The number of nitrogens with zero attached hydrogens (tertiary/aromatic N) is 5. The van der Waals surface area contributed by atoms with Crippen molar-refractivity contribution in [1.29, 1.82) is 0 Å². The highest BCUT2D eigenvalue weighted by atomic mass is 19.4. The van der Waals surface area contributed by atoms with Crippen molar-refractivity contribution in [2.45, 2.75) is 13.1 Å². The molecule has 0 radical (unpaired) electrons. The predicted molar refractivity (Wildman–Crippen MR) is 260 cm³/mol. The average molecular weight is 862 g/mol. The largest absolute Gasteiger partial charge is 0.416 e. The minimum atomic E-state index is -4.47. The minimum absolute atomic E-state index is 0.500. The quantitative estimate of drug-likeness (QED) is 0.153. The molecule has 0 N–H and O–H groups in total. The van der Waals surface area contributed by atoms with Crippen LogP contribution in [0, 0.1) is 6.92 Å². The number of hydrogen-bond acceptors (Lipinski definition) is 4. The van der Waals surface area contributed by atoms with Crippen molar-refractivity contribution >= 4 is 21.8 Å². The van der Waals surface area contributed by atoms with Gasteiger partial charge in [0.1, 0.15) is 0 Å². The molecule has 0 atom stereocenters. The van der Waals surface area contributed by atoms with Crippen LogP contribution in [-0.2, 0) is 6.18 Å². The smallest absolute Gasteiger partial charge is 0.309 e. The normalized spacial score (nSPS) is 11.6. The van der Waals surface area contributed by atoms with Crippen molar-refractivity contribution in [2.24, 2.45) is 0 Å². The second-order valence-corrected chi connectivity index (χ2v) is 16.3. The Morgan fingerprint density at radius 2 is 0.848 bits per heavy atom. The summed E-state index contributed by atoms with van der Waals surface area (Å²) in [5.74, 6) is 1.11. The Hall–Kier alpha value is -8.49. The van der Waals surface area contributed by atoms with E-state index in [-0.39, 0.29) is 0 Å². The number of fused-ring (bicyclic) bond motifs is 3. The number of halogens is 3. The second-order valence-electron chi connectivity index (χ2n) is 16.3. The molecule has 0 bridgehead atoms. The van der Waals surface area contributed by atoms with Crippen molar-refractivity contribution in [2.75, 3.05) is 0 Å². The van der Waals surface area contributed by atoms with Crippen LogP contribution in [0.25, 0.3) is 106 Å². The van der Waals surface area contributed by atoms with Gasteiger partial charge in [-0.15, -0.1) is 0 Å². The summed E-state index contributed by atoms with van der Waals surface area (Å²) in [6, 6.07) is 68.8. The maximum atomic E-state index is 14.0. The van der Waals surface area contributed by atoms with E-state index in [2.05, 4.69) is 34.9 Å². The minimum Gasteiger partial charge on any atom is -0.309 e. The lowest BCUT2D eigenvalue weighted by molar-refractivity contribution is -0.137. The summed E-state index contributed by atoms with van der Waals surface area (Å²) in [6.07, 6.45) is -4.47. The van der Waals surface area contributed by atoms with Gasteiger partial charge in [0.2, 0.25) is 0 Å². The number of rotatable bonds is 8. The second kappa shape index (κ2) is 16.6. The molecule has 0 spiro atoms. The van der Waals surface area contributed by atoms with Crippen molar-refractivity contribution in [3.63, 3.8) is 0 Å². The SMILES string of the molecule is Cc1cc(-c2ccc3c(c2)c2ccccc2n3-c2ccc(-c3cc(-c4ccccc4)nc(-c4ccccc4)n3)cc2-c2nc(-c3ccccc3)cc(-c3ccccc3)n2)cc(C(F)(F)F)c1. The average Bonchev–Trinajstić information content (AvgIpc) is 3.70. The molecule has 8 heteroatoms. The van der Waals surface area contributed by atoms with Crippen molar-refractivity contribution in [1.82, 2.24) is 24.5 Å². The van der Waals surface area contributed by atoms with Crippen LogP contribution in [-0.4, -0.2) is 24.5 Å². The van der Waals surface area contributed by atoms with Crippen LogP contribution in [0.1, 0.15) is 11.1 Å². The van der Waals surface area contributed by atoms with Crippen LogP contribution < -0.4 is 0 Å². The van der Waals surface area contributed by atoms with E-state index in [0.29, 0.717) is 28.3 Å². The van der Waals surface area contributed by atoms with E-state index in [1.807, 2.05) is 164 Å². The summed E-state index contributed by atoms with van der Waals surface area (Å²) in [5.41, 5.74) is 12.0. The van der Waals surface area contributed by atoms with Crippen LogP contribution in [0.3, 0.4) is 0 Å². The molecule has 0 unspecified atom stereocenters. The molecule has 66 heavy (non-hydrogen) atoms. The summed E-state index contributed by atoms with van der Waals surface area (Å²) < 4.78 is 44.3. The van der Waals surface area contributed by atoms with Crippen LogP contribution in [0.15, 0.2) is 212 Å². The number of aryl methyl sites for hydroxylation is 1. The Balaban J connectivity index is 1.18. The lowest BCUT2D eigenvalue weighted by atomic mass is 9.98. The van der Waals surface area contributed by atoms with E-state index < -0.39 is 11.7 Å². The zero-order valence-corrected chi connectivity index (χ0v) is 35.6. The Bertz CT molecular complexity index is 3460. The molecule has 0 saturated carbocycles. The fourth-order valence-corrected chi connectivity index (χ4v) is 8.74. The highest BCUT2D eigenvalue weighted by Gasteiger charge is 2.31. The molecular formula is C58H38F3N5. The van der Waals surface area contributed by atoms with Gasteiger partial charge in [-0.1, -0.05) is 158 Å². The fraction of sp³-hybridized carbons (Fsp3) is 0.0345. The van der Waals surface area contributed by atoms with Crippen molar-refractivity contribution in [3.05, 3.63) is 223 Å². The van der Waals surface area contributed by atoms with E-state index in [1.54, 1.807) is 13.0 Å². The van der Waals surface area contributed by atoms with Gasteiger partial charge < -0.3 is 4.57 Å². The van der Waals surface area contributed by atoms with Crippen LogP contribution in [0.2, 0.25) is 0 Å². The van der Waals surface area contributed by atoms with Gasteiger partial charge in [-0.25, -0.2) is 19.9 Å². The zero-order valence-electron chi connectivity index (χ0n) is 35.6. The number of para-hydroxylation sites is 1. The molecule has 11 aromatic rings. The molecular weight excluding hydrogens is 824 g/mol. The first-order valence-electron chi connectivity index (χ1n) is 21.6. The van der Waals surface area contributed by atoms with Gasteiger partial charge in [0.05, 0.1) is 45.1 Å². The van der Waals surface area contributed by atoms with Gasteiger partial charge in [-0.2, -0.15) is 13.2 Å². The van der Waals surface area contributed by atoms with Gasteiger partial charge in [0.15, 0.2) is 11.6 Å². The third kappa shape index (κ3) is 7.68. The van der Waals surface area contributed by atoms with Gasteiger partial charge >= 0.3 is 6.18 Å². The molecule has 0 amide bonds. The molecule has 3 heterocycles. The Morgan fingerprint density at radius 1 is 0.364 bits per heavy atom. The van der Waals surface area contributed by atoms with Gasteiger partial charge in [0.25, 0.3) is 0 Å². The number of aromatic nitrogens is 5. The summed E-state index contributed by atoms with van der Waals surface area (Å²) in [5, 5.41) is 1.85. The highest BCUT2D eigenvalue weighted by Crippen LogP contribution is 2.41. The fourth-order valence-electron chi connectivity index (χ4n) is 8.74. The lowest BCUT2D eigenvalue weighted by Crippen LogP contribution is -2.05. The molecule has 5 nitrogen and oxygen atoms in total. The van der Waals surface area contributed by atoms with E-state index in [1.165, 1.54) is 12.1 Å². The highest BCUT2D eigenvalue weighted by molar-refractivity contribution is 6.11. The van der Waals surface area contributed by atoms with Gasteiger partial charge in [-0.3, -0.25) is 0 Å². The topological polar surface area (TPSA) is 56.5 Å². The Labute approximate surface area is 379 Å². The monoisotopic (exact) mass is 861 g/mol. The number of benzene rings is 8. The van der Waals surface area contributed by atoms with Gasteiger partial charge in [0, 0.05) is 44.2 Å². The first kappa shape index (κ1) is 40.3. The molecule has 0 aliphatic carbocycles. The maximum absolute atomic E-state index is 14.0. The summed E-state index contributed by atoms with van der Waals surface area (Å²) in [6.45, 7) is 1.69. The maximum Gasteiger partial charge on any atom is 0.416 e. The summed E-state index contributed by atoms with van der Waals surface area (Å²) in [7, 11) is 0. The Kier molecular flexibility index (Phi) is 10.1. The third-order valence-corrected chi connectivity index (χ3v) is 11.9. The molecule has 0 aliphatic heterocycles. The first-order chi connectivity index (χ1) is 32.2. The molecule has 316 valence electrons. The molecule has 0 aliphatic rings. The van der Waals surface area contributed by atoms with Gasteiger partial charge in [-0.05, 0) is 78.2 Å². The molecule has 0 fully saturated rings. The van der Waals surface area contributed by atoms with Crippen LogP contribution >= 0.6 is 0 Å². The van der Waals surface area contributed by atoms with Crippen LogP contribution in [0.5, 0.6) is 0 Å². The van der Waals surface area contributed by atoms with E-state index in [9.17, 15) is 13.2 Å².